The van der Waals surface area contributed by atoms with Crippen molar-refractivity contribution in [3.63, 3.8) is 0 Å². The average molecular weight is 472 g/mol. The number of ether oxygens (including phenoxy) is 1. The van der Waals surface area contributed by atoms with Crippen molar-refractivity contribution in [2.24, 2.45) is 0 Å². The lowest BCUT2D eigenvalue weighted by atomic mass is 10.0. The van der Waals surface area contributed by atoms with Crippen LogP contribution in [0.25, 0.3) is 0 Å². The molecule has 2 amide bonds. The van der Waals surface area contributed by atoms with Gasteiger partial charge in [-0.2, -0.15) is 0 Å². The number of thioether (sulfide) groups is 1. The highest BCUT2D eigenvalue weighted by Crippen LogP contribution is 2.33. The number of nitrogens with one attached hydrogen (secondary N) is 3. The summed E-state index contributed by atoms with van der Waals surface area (Å²) in [7, 11) is 0. The maximum Gasteiger partial charge on any atom is 0.338 e. The summed E-state index contributed by atoms with van der Waals surface area (Å²) in [5.41, 5.74) is 1.67. The molecule has 32 heavy (non-hydrogen) atoms. The van der Waals surface area contributed by atoms with Gasteiger partial charge in [0.15, 0.2) is 4.34 Å². The normalized spacial score (nSPS) is 15.8. The second kappa shape index (κ2) is 9.88. The van der Waals surface area contributed by atoms with E-state index in [1.807, 2.05) is 30.3 Å². The van der Waals surface area contributed by atoms with E-state index in [1.54, 1.807) is 26.0 Å². The van der Waals surface area contributed by atoms with E-state index in [1.165, 1.54) is 23.1 Å². The predicted octanol–water partition coefficient (Wildman–Crippen LogP) is 4.15. The number of rotatable bonds is 8. The highest BCUT2D eigenvalue weighted by molar-refractivity contribution is 8.01. The molecule has 0 fully saturated rings. The van der Waals surface area contributed by atoms with Gasteiger partial charge in [-0.3, -0.25) is 0 Å². The van der Waals surface area contributed by atoms with Gasteiger partial charge >= 0.3 is 12.0 Å². The number of hydrogen-bond acceptors (Lipinski definition) is 9. The van der Waals surface area contributed by atoms with Crippen LogP contribution in [0.3, 0.4) is 0 Å². The topological polar surface area (TPSA) is 118 Å². The number of hydrogen-bond donors (Lipinski definition) is 3. The van der Waals surface area contributed by atoms with Gasteiger partial charge in [0, 0.05) is 17.1 Å². The molecule has 0 saturated heterocycles. The molecule has 0 spiro atoms. The van der Waals surface area contributed by atoms with Crippen LogP contribution < -0.4 is 16.0 Å². The van der Waals surface area contributed by atoms with Gasteiger partial charge in [-0.1, -0.05) is 41.3 Å². The molecule has 2 aromatic heterocycles. The minimum Gasteiger partial charge on any atom is -0.464 e. The van der Waals surface area contributed by atoms with Gasteiger partial charge in [0.2, 0.25) is 5.13 Å². The first-order valence-electron chi connectivity index (χ1n) is 9.86. The van der Waals surface area contributed by atoms with Crippen molar-refractivity contribution >= 4 is 45.9 Å². The minimum atomic E-state index is -0.739. The summed E-state index contributed by atoms with van der Waals surface area (Å²) in [6.45, 7) is 3.75. The van der Waals surface area contributed by atoms with Gasteiger partial charge in [-0.15, -0.1) is 10.2 Å². The maximum absolute atomic E-state index is 12.8. The van der Waals surface area contributed by atoms with Crippen molar-refractivity contribution in [3.05, 3.63) is 65.3 Å². The number of carbonyl (C=O) groups excluding carboxylic acids is 2. The second-order valence-corrected chi connectivity index (χ2v) is 8.95. The quantitative estimate of drug-likeness (QED) is 0.331. The SMILES string of the molecule is CCOC(=O)C1=C(CSc2nnc(Nc3ccccc3)s2)NC(=O)NC1c1ccc(C)o1. The fourth-order valence-electron chi connectivity index (χ4n) is 3.10. The number of aryl methyl sites for hydroxylation is 1. The first-order chi connectivity index (χ1) is 15.5. The smallest absolute Gasteiger partial charge is 0.338 e. The molecule has 1 atom stereocenters. The van der Waals surface area contributed by atoms with E-state index < -0.39 is 18.0 Å². The van der Waals surface area contributed by atoms with Gasteiger partial charge in [-0.25, -0.2) is 9.59 Å². The molecule has 9 nitrogen and oxygen atoms in total. The van der Waals surface area contributed by atoms with Crippen LogP contribution in [0.4, 0.5) is 15.6 Å². The molecule has 1 aliphatic heterocycles. The van der Waals surface area contributed by atoms with Crippen LogP contribution in [0, 0.1) is 6.92 Å². The molecule has 166 valence electrons. The number of para-hydroxylation sites is 1. The molecule has 0 radical (unpaired) electrons. The number of benzene rings is 1. The molecule has 3 heterocycles. The molecule has 3 aromatic rings. The van der Waals surface area contributed by atoms with Crippen LogP contribution in [0.2, 0.25) is 0 Å². The van der Waals surface area contributed by atoms with E-state index >= 15 is 0 Å². The number of nitrogens with zero attached hydrogens (tertiary/aromatic N) is 2. The first-order valence-corrected chi connectivity index (χ1v) is 11.7. The Morgan fingerprint density at radius 2 is 2.06 bits per heavy atom. The standard InChI is InChI=1S/C21H21N5O4S2/c1-3-29-18(27)16-14(23-19(28)24-17(16)15-10-9-12(2)30-15)11-31-21-26-25-20(32-21)22-13-7-5-4-6-8-13/h4-10,17H,3,11H2,1-2H3,(H,22,25)(H2,23,24,28). The second-order valence-electron chi connectivity index (χ2n) is 6.75. The molecule has 0 aliphatic carbocycles. The number of carbonyl (C=O) groups is 2. The Morgan fingerprint density at radius 3 is 2.78 bits per heavy atom. The number of esters is 1. The summed E-state index contributed by atoms with van der Waals surface area (Å²) in [5.74, 6) is 0.934. The highest BCUT2D eigenvalue weighted by atomic mass is 32.2. The van der Waals surface area contributed by atoms with Crippen molar-refractivity contribution in [2.75, 3.05) is 17.7 Å². The van der Waals surface area contributed by atoms with Gasteiger partial charge in [0.25, 0.3) is 0 Å². The summed E-state index contributed by atoms with van der Waals surface area (Å²) in [5, 5.41) is 17.7. The molecule has 1 aliphatic rings. The van der Waals surface area contributed by atoms with Crippen LogP contribution in [0.15, 0.2) is 62.5 Å². The van der Waals surface area contributed by atoms with Gasteiger partial charge in [-0.05, 0) is 38.1 Å². The molecule has 0 bridgehead atoms. The number of urea groups is 1. The van der Waals surface area contributed by atoms with E-state index in [0.717, 1.165) is 5.69 Å². The predicted molar refractivity (Wildman–Crippen MR) is 122 cm³/mol. The largest absolute Gasteiger partial charge is 0.464 e. The van der Waals surface area contributed by atoms with E-state index in [2.05, 4.69) is 26.1 Å². The van der Waals surface area contributed by atoms with Crippen molar-refractivity contribution < 1.29 is 18.7 Å². The Hall–Kier alpha value is -3.31. The van der Waals surface area contributed by atoms with Gasteiger partial charge in [0.1, 0.15) is 17.6 Å². The monoisotopic (exact) mass is 471 g/mol. The fourth-order valence-corrected chi connectivity index (χ4v) is 4.84. The summed E-state index contributed by atoms with van der Waals surface area (Å²) in [6.07, 6.45) is 0. The van der Waals surface area contributed by atoms with Crippen molar-refractivity contribution in [1.82, 2.24) is 20.8 Å². The lowest BCUT2D eigenvalue weighted by Crippen LogP contribution is -2.46. The third-order valence-corrected chi connectivity index (χ3v) is 6.46. The average Bonchev–Trinajstić information content (AvgIpc) is 3.41. The van der Waals surface area contributed by atoms with Crippen molar-refractivity contribution in [3.8, 4) is 0 Å². The van der Waals surface area contributed by atoms with Gasteiger partial charge < -0.3 is 25.1 Å². The molecule has 0 saturated carbocycles. The molecule has 1 unspecified atom stereocenters. The third kappa shape index (κ3) is 5.11. The molecular weight excluding hydrogens is 450 g/mol. The van der Waals surface area contributed by atoms with E-state index in [0.29, 0.717) is 38.0 Å². The maximum atomic E-state index is 12.8. The molecule has 1 aromatic carbocycles. The van der Waals surface area contributed by atoms with Crippen molar-refractivity contribution in [1.29, 1.82) is 0 Å². The molecule has 11 heteroatoms. The number of furan rings is 1. The Kier molecular flexibility index (Phi) is 6.76. The Bertz CT molecular complexity index is 1140. The van der Waals surface area contributed by atoms with Crippen LogP contribution in [-0.4, -0.2) is 34.6 Å². The van der Waals surface area contributed by atoms with E-state index in [9.17, 15) is 9.59 Å². The lowest BCUT2D eigenvalue weighted by Gasteiger charge is -2.27. The van der Waals surface area contributed by atoms with E-state index in [4.69, 9.17) is 9.15 Å². The van der Waals surface area contributed by atoms with Crippen LogP contribution in [0.5, 0.6) is 0 Å². The Balaban J connectivity index is 1.55. The third-order valence-electron chi connectivity index (χ3n) is 4.47. The van der Waals surface area contributed by atoms with Crippen LogP contribution >= 0.6 is 23.1 Å². The van der Waals surface area contributed by atoms with Gasteiger partial charge in [0.05, 0.1) is 12.2 Å². The van der Waals surface area contributed by atoms with Crippen molar-refractivity contribution in [2.45, 2.75) is 24.2 Å². The summed E-state index contributed by atoms with van der Waals surface area (Å²) < 4.78 is 11.6. The molecular formula is C21H21N5O4S2. The number of amides is 2. The summed E-state index contributed by atoms with van der Waals surface area (Å²) in [6, 6.07) is 12.0. The Morgan fingerprint density at radius 1 is 1.25 bits per heavy atom. The fraction of sp³-hybridized carbons (Fsp3) is 0.238. The van der Waals surface area contributed by atoms with E-state index in [-0.39, 0.29) is 6.61 Å². The highest BCUT2D eigenvalue weighted by Gasteiger charge is 2.35. The zero-order valence-corrected chi connectivity index (χ0v) is 19.0. The van der Waals surface area contributed by atoms with Crippen LogP contribution in [-0.2, 0) is 9.53 Å². The molecule has 3 N–H and O–H groups in total. The lowest BCUT2D eigenvalue weighted by molar-refractivity contribution is -0.139. The minimum absolute atomic E-state index is 0.214. The summed E-state index contributed by atoms with van der Waals surface area (Å²) in [4.78, 5) is 25.1. The number of aromatic nitrogens is 2. The first kappa shape index (κ1) is 21.9. The summed E-state index contributed by atoms with van der Waals surface area (Å²) >= 11 is 2.75. The Labute approximate surface area is 192 Å². The zero-order valence-electron chi connectivity index (χ0n) is 17.4. The molecule has 4 rings (SSSR count). The number of anilines is 2. The van der Waals surface area contributed by atoms with Crippen LogP contribution in [0.1, 0.15) is 24.5 Å². The zero-order chi connectivity index (χ0) is 22.5.